The highest BCUT2D eigenvalue weighted by molar-refractivity contribution is 6.11. The summed E-state index contributed by atoms with van der Waals surface area (Å²) >= 11 is 0. The third-order valence-electron chi connectivity index (χ3n) is 4.61. The zero-order valence-electron chi connectivity index (χ0n) is 15.3. The number of rotatable bonds is 6. The molecule has 26 heavy (non-hydrogen) atoms. The van der Waals surface area contributed by atoms with Crippen LogP contribution >= 0.6 is 0 Å². The van der Waals surface area contributed by atoms with Crippen molar-refractivity contribution in [2.75, 3.05) is 18.0 Å². The van der Waals surface area contributed by atoms with Crippen molar-refractivity contribution in [3.05, 3.63) is 65.4 Å². The molecule has 4 nitrogen and oxygen atoms in total. The Labute approximate surface area is 153 Å². The van der Waals surface area contributed by atoms with Crippen molar-refractivity contribution in [1.82, 2.24) is 0 Å². The SMILES string of the molecule is CCN(CC)c1ccc(/C=C/C(=O)c2ccc3occ(C)c3c2O)cc1. The van der Waals surface area contributed by atoms with Crippen molar-refractivity contribution in [2.45, 2.75) is 20.8 Å². The first kappa shape index (κ1) is 17.8. The van der Waals surface area contributed by atoms with Gasteiger partial charge in [0.05, 0.1) is 17.2 Å². The molecule has 2 aromatic carbocycles. The van der Waals surface area contributed by atoms with Crippen LogP contribution in [0.1, 0.15) is 35.3 Å². The first-order chi connectivity index (χ1) is 12.5. The van der Waals surface area contributed by atoms with Gasteiger partial charge < -0.3 is 14.4 Å². The highest BCUT2D eigenvalue weighted by Gasteiger charge is 2.15. The van der Waals surface area contributed by atoms with Gasteiger partial charge in [-0.25, -0.2) is 0 Å². The zero-order valence-corrected chi connectivity index (χ0v) is 15.3. The molecule has 1 N–H and O–H groups in total. The molecule has 0 amide bonds. The summed E-state index contributed by atoms with van der Waals surface area (Å²) in [5.41, 5.74) is 3.76. The Hall–Kier alpha value is -3.01. The average Bonchev–Trinajstić information content (AvgIpc) is 3.04. The lowest BCUT2D eigenvalue weighted by Crippen LogP contribution is -2.21. The van der Waals surface area contributed by atoms with Gasteiger partial charge in [0.2, 0.25) is 0 Å². The number of anilines is 1. The summed E-state index contributed by atoms with van der Waals surface area (Å²) in [5, 5.41) is 11.0. The van der Waals surface area contributed by atoms with Crippen molar-refractivity contribution in [3.63, 3.8) is 0 Å². The van der Waals surface area contributed by atoms with Crippen LogP contribution < -0.4 is 4.90 Å². The number of carbonyl (C=O) groups excluding carboxylic acids is 1. The Kier molecular flexibility index (Phi) is 5.12. The van der Waals surface area contributed by atoms with Gasteiger partial charge in [-0.1, -0.05) is 18.2 Å². The molecule has 0 bridgehead atoms. The summed E-state index contributed by atoms with van der Waals surface area (Å²) < 4.78 is 5.35. The van der Waals surface area contributed by atoms with Crippen LogP contribution in [0.4, 0.5) is 5.69 Å². The van der Waals surface area contributed by atoms with Crippen molar-refractivity contribution in [1.29, 1.82) is 0 Å². The van der Waals surface area contributed by atoms with Gasteiger partial charge in [0.25, 0.3) is 0 Å². The van der Waals surface area contributed by atoms with E-state index >= 15 is 0 Å². The number of nitrogens with zero attached hydrogens (tertiary/aromatic N) is 1. The molecule has 1 aromatic heterocycles. The van der Waals surface area contributed by atoms with Crippen molar-refractivity contribution >= 4 is 28.5 Å². The third-order valence-corrected chi connectivity index (χ3v) is 4.61. The van der Waals surface area contributed by atoms with E-state index in [9.17, 15) is 9.90 Å². The lowest BCUT2D eigenvalue weighted by atomic mass is 10.0. The summed E-state index contributed by atoms with van der Waals surface area (Å²) in [6.07, 6.45) is 4.83. The monoisotopic (exact) mass is 349 g/mol. The summed E-state index contributed by atoms with van der Waals surface area (Å²) in [7, 11) is 0. The van der Waals surface area contributed by atoms with E-state index in [1.165, 1.54) is 6.08 Å². The third kappa shape index (κ3) is 3.36. The van der Waals surface area contributed by atoms with Crippen LogP contribution in [0.2, 0.25) is 0 Å². The number of phenolic OH excluding ortho intramolecular Hbond substituents is 1. The topological polar surface area (TPSA) is 53.7 Å². The number of aryl methyl sites for hydroxylation is 1. The Balaban J connectivity index is 1.81. The van der Waals surface area contributed by atoms with Crippen LogP contribution in [0.25, 0.3) is 17.0 Å². The molecule has 0 saturated heterocycles. The van der Waals surface area contributed by atoms with Crippen LogP contribution in [0.5, 0.6) is 5.75 Å². The molecular weight excluding hydrogens is 326 g/mol. The van der Waals surface area contributed by atoms with Crippen molar-refractivity contribution in [2.24, 2.45) is 0 Å². The highest BCUT2D eigenvalue weighted by atomic mass is 16.3. The van der Waals surface area contributed by atoms with Crippen LogP contribution in [0.15, 0.2) is 53.2 Å². The minimum atomic E-state index is -0.238. The molecule has 0 aliphatic heterocycles. The normalized spacial score (nSPS) is 11.3. The summed E-state index contributed by atoms with van der Waals surface area (Å²) in [6, 6.07) is 11.4. The Morgan fingerprint density at radius 3 is 2.46 bits per heavy atom. The number of aromatic hydroxyl groups is 1. The van der Waals surface area contributed by atoms with E-state index in [1.54, 1.807) is 24.5 Å². The second-order valence-corrected chi connectivity index (χ2v) is 6.21. The molecule has 3 aromatic rings. The molecule has 0 saturated carbocycles. The number of hydrogen-bond acceptors (Lipinski definition) is 4. The highest BCUT2D eigenvalue weighted by Crippen LogP contribution is 2.33. The molecular formula is C22H23NO3. The summed E-state index contributed by atoms with van der Waals surface area (Å²) in [4.78, 5) is 14.8. The fraction of sp³-hybridized carbons (Fsp3) is 0.227. The summed E-state index contributed by atoms with van der Waals surface area (Å²) in [6.45, 7) is 8.01. The molecule has 0 atom stereocenters. The molecule has 1 heterocycles. The maximum atomic E-state index is 12.5. The number of fused-ring (bicyclic) bond motifs is 1. The second kappa shape index (κ2) is 7.48. The van der Waals surface area contributed by atoms with E-state index in [0.717, 1.165) is 29.9 Å². The molecule has 3 rings (SSSR count). The first-order valence-corrected chi connectivity index (χ1v) is 8.82. The molecule has 0 aliphatic carbocycles. The van der Waals surface area contributed by atoms with Crippen LogP contribution in [0.3, 0.4) is 0 Å². The van der Waals surface area contributed by atoms with Gasteiger partial charge in [-0.05, 0) is 62.2 Å². The molecule has 0 unspecified atom stereocenters. The molecule has 4 heteroatoms. The maximum absolute atomic E-state index is 12.5. The lowest BCUT2D eigenvalue weighted by Gasteiger charge is -2.20. The molecule has 0 fully saturated rings. The number of benzene rings is 2. The Morgan fingerprint density at radius 1 is 1.12 bits per heavy atom. The van der Waals surface area contributed by atoms with Gasteiger partial charge in [-0.15, -0.1) is 0 Å². The smallest absolute Gasteiger partial charge is 0.189 e. The van der Waals surface area contributed by atoms with Gasteiger partial charge in [0, 0.05) is 18.8 Å². The predicted molar refractivity (Wildman–Crippen MR) is 106 cm³/mol. The molecule has 0 radical (unpaired) electrons. The van der Waals surface area contributed by atoms with E-state index < -0.39 is 0 Å². The van der Waals surface area contributed by atoms with Crippen molar-refractivity contribution < 1.29 is 14.3 Å². The number of phenols is 1. The molecule has 0 spiro atoms. The lowest BCUT2D eigenvalue weighted by molar-refractivity contribution is 0.104. The number of allylic oxidation sites excluding steroid dienone is 1. The van der Waals surface area contributed by atoms with E-state index in [2.05, 4.69) is 30.9 Å². The van der Waals surface area contributed by atoms with E-state index in [-0.39, 0.29) is 17.1 Å². The number of carbonyl (C=O) groups is 1. The van der Waals surface area contributed by atoms with Crippen LogP contribution in [-0.4, -0.2) is 24.0 Å². The first-order valence-electron chi connectivity index (χ1n) is 8.82. The molecule has 134 valence electrons. The number of furan rings is 1. The average molecular weight is 349 g/mol. The van der Waals surface area contributed by atoms with Crippen LogP contribution in [0, 0.1) is 6.92 Å². The summed E-state index contributed by atoms with van der Waals surface area (Å²) in [5.74, 6) is -0.266. The van der Waals surface area contributed by atoms with Crippen LogP contribution in [-0.2, 0) is 0 Å². The van der Waals surface area contributed by atoms with Gasteiger partial charge in [0.15, 0.2) is 5.78 Å². The fourth-order valence-corrected chi connectivity index (χ4v) is 3.11. The quantitative estimate of drug-likeness (QED) is 0.491. The minimum Gasteiger partial charge on any atom is -0.506 e. The Morgan fingerprint density at radius 2 is 1.81 bits per heavy atom. The molecule has 0 aliphatic rings. The predicted octanol–water partition coefficient (Wildman–Crippen LogP) is 5.19. The fourth-order valence-electron chi connectivity index (χ4n) is 3.11. The second-order valence-electron chi connectivity index (χ2n) is 6.21. The van der Waals surface area contributed by atoms with E-state index in [0.29, 0.717) is 11.0 Å². The number of hydrogen-bond donors (Lipinski definition) is 1. The van der Waals surface area contributed by atoms with E-state index in [4.69, 9.17) is 4.42 Å². The van der Waals surface area contributed by atoms with Gasteiger partial charge >= 0.3 is 0 Å². The van der Waals surface area contributed by atoms with Gasteiger partial charge in [-0.3, -0.25) is 4.79 Å². The van der Waals surface area contributed by atoms with Gasteiger partial charge in [0.1, 0.15) is 11.3 Å². The van der Waals surface area contributed by atoms with Crippen molar-refractivity contribution in [3.8, 4) is 5.75 Å². The largest absolute Gasteiger partial charge is 0.506 e. The minimum absolute atomic E-state index is 0.0275. The maximum Gasteiger partial charge on any atom is 0.189 e. The standard InChI is InChI=1S/C22H23NO3/c1-4-23(5-2)17-9-6-16(7-10-17)8-12-19(24)18-11-13-20-21(22(18)25)15(3)14-26-20/h6-14,25H,4-5H2,1-3H3/b12-8+. The van der Waals surface area contributed by atoms with Gasteiger partial charge in [-0.2, -0.15) is 0 Å². The number of ketones is 1. The zero-order chi connectivity index (χ0) is 18.7. The Bertz CT molecular complexity index is 947. The van der Waals surface area contributed by atoms with E-state index in [1.807, 2.05) is 19.1 Å².